The molecule has 0 aliphatic carbocycles. The smallest absolute Gasteiger partial charge is 0.408 e. The van der Waals surface area contributed by atoms with Crippen molar-refractivity contribution in [1.82, 2.24) is 9.62 Å². The molecule has 10 heteroatoms. The average molecular weight is 478 g/mol. The Morgan fingerprint density at radius 2 is 1.70 bits per heavy atom. The summed E-state index contributed by atoms with van der Waals surface area (Å²) >= 11 is 0. The molecule has 0 aromatic heterocycles. The van der Waals surface area contributed by atoms with E-state index in [1.54, 1.807) is 27.7 Å². The second-order valence-electron chi connectivity index (χ2n) is 7.69. The Balaban J connectivity index is 2.14. The van der Waals surface area contributed by atoms with Gasteiger partial charge in [-0.25, -0.2) is 13.2 Å². The van der Waals surface area contributed by atoms with E-state index in [9.17, 15) is 23.1 Å². The highest BCUT2D eigenvalue weighted by atomic mass is 32.2. The number of alkyl carbamates (subject to hydrolysis) is 1. The first-order chi connectivity index (χ1) is 15.6. The van der Waals surface area contributed by atoms with Crippen molar-refractivity contribution in [3.63, 3.8) is 0 Å². The SMILES string of the molecule is CCN(CC)S(=O)(=O)c1ccc(O)c(NC(=O)[C@@H](NC(=O)OCc2ccccc2)C(C)C)c1. The van der Waals surface area contributed by atoms with E-state index in [0.29, 0.717) is 0 Å². The molecule has 0 radical (unpaired) electrons. The number of benzene rings is 2. The van der Waals surface area contributed by atoms with Gasteiger partial charge in [-0.3, -0.25) is 4.79 Å². The van der Waals surface area contributed by atoms with Crippen molar-refractivity contribution in [1.29, 1.82) is 0 Å². The number of amides is 2. The van der Waals surface area contributed by atoms with E-state index in [1.807, 2.05) is 30.3 Å². The molecular weight excluding hydrogens is 446 g/mol. The van der Waals surface area contributed by atoms with Crippen molar-refractivity contribution in [2.75, 3.05) is 18.4 Å². The number of hydrogen-bond donors (Lipinski definition) is 3. The fourth-order valence-corrected chi connectivity index (χ4v) is 4.61. The number of nitrogens with zero attached hydrogens (tertiary/aromatic N) is 1. The fraction of sp³-hybridized carbons (Fsp3) is 0.391. The molecule has 0 bridgehead atoms. The molecule has 0 unspecified atom stereocenters. The van der Waals surface area contributed by atoms with Gasteiger partial charge in [-0.1, -0.05) is 58.0 Å². The second kappa shape index (κ2) is 11.7. The third-order valence-electron chi connectivity index (χ3n) is 5.00. The number of sulfonamides is 1. The minimum absolute atomic E-state index is 0.0468. The highest BCUT2D eigenvalue weighted by Gasteiger charge is 2.27. The molecule has 1 atom stereocenters. The maximum absolute atomic E-state index is 12.9. The van der Waals surface area contributed by atoms with E-state index in [1.165, 1.54) is 22.5 Å². The Kier molecular flexibility index (Phi) is 9.24. The lowest BCUT2D eigenvalue weighted by Gasteiger charge is -2.22. The van der Waals surface area contributed by atoms with Crippen molar-refractivity contribution in [2.45, 2.75) is 45.2 Å². The number of anilines is 1. The zero-order valence-electron chi connectivity index (χ0n) is 19.2. The Morgan fingerprint density at radius 3 is 2.27 bits per heavy atom. The maximum atomic E-state index is 12.9. The Labute approximate surface area is 194 Å². The van der Waals surface area contributed by atoms with Crippen molar-refractivity contribution in [3.8, 4) is 5.75 Å². The minimum Gasteiger partial charge on any atom is -0.506 e. The van der Waals surface area contributed by atoms with Gasteiger partial charge >= 0.3 is 6.09 Å². The second-order valence-corrected chi connectivity index (χ2v) is 9.62. The molecule has 0 heterocycles. The van der Waals surface area contributed by atoms with Crippen molar-refractivity contribution < 1.29 is 27.9 Å². The first kappa shape index (κ1) is 26.1. The molecule has 180 valence electrons. The van der Waals surface area contributed by atoms with Gasteiger partial charge in [0.1, 0.15) is 18.4 Å². The normalized spacial score (nSPS) is 12.4. The number of phenols is 1. The zero-order valence-corrected chi connectivity index (χ0v) is 20.1. The summed E-state index contributed by atoms with van der Waals surface area (Å²) in [5.41, 5.74) is 0.729. The van der Waals surface area contributed by atoms with Gasteiger partial charge in [0.2, 0.25) is 15.9 Å². The van der Waals surface area contributed by atoms with Crippen LogP contribution in [0, 0.1) is 5.92 Å². The topological polar surface area (TPSA) is 125 Å². The number of carbonyl (C=O) groups is 2. The highest BCUT2D eigenvalue weighted by Crippen LogP contribution is 2.28. The quantitative estimate of drug-likeness (QED) is 0.451. The van der Waals surface area contributed by atoms with Gasteiger partial charge in [0.15, 0.2) is 0 Å². The van der Waals surface area contributed by atoms with E-state index < -0.39 is 28.1 Å². The summed E-state index contributed by atoms with van der Waals surface area (Å²) in [6.07, 6.45) is -0.769. The van der Waals surface area contributed by atoms with E-state index in [4.69, 9.17) is 4.74 Å². The first-order valence-electron chi connectivity index (χ1n) is 10.7. The van der Waals surface area contributed by atoms with Gasteiger partial charge in [-0.2, -0.15) is 4.31 Å². The Morgan fingerprint density at radius 1 is 1.06 bits per heavy atom. The van der Waals surface area contributed by atoms with Gasteiger partial charge in [-0.05, 0) is 29.7 Å². The van der Waals surface area contributed by atoms with Crippen molar-refractivity contribution in [2.24, 2.45) is 5.92 Å². The van der Waals surface area contributed by atoms with Crippen LogP contribution in [0.4, 0.5) is 10.5 Å². The van der Waals surface area contributed by atoms with Gasteiger partial charge in [-0.15, -0.1) is 0 Å². The predicted octanol–water partition coefficient (Wildman–Crippen LogP) is 3.31. The number of rotatable bonds is 10. The van der Waals surface area contributed by atoms with Crippen LogP contribution in [0.2, 0.25) is 0 Å². The summed E-state index contributed by atoms with van der Waals surface area (Å²) in [4.78, 5) is 25.0. The summed E-state index contributed by atoms with van der Waals surface area (Å²) in [6.45, 7) is 7.54. The molecule has 0 saturated heterocycles. The molecule has 33 heavy (non-hydrogen) atoms. The maximum Gasteiger partial charge on any atom is 0.408 e. The van der Waals surface area contributed by atoms with Crippen LogP contribution >= 0.6 is 0 Å². The molecule has 0 aliphatic heterocycles. The monoisotopic (exact) mass is 477 g/mol. The molecule has 2 aromatic rings. The molecule has 9 nitrogen and oxygen atoms in total. The van der Waals surface area contributed by atoms with Gasteiger partial charge in [0, 0.05) is 13.1 Å². The van der Waals surface area contributed by atoms with Crippen LogP contribution in [0.1, 0.15) is 33.3 Å². The third kappa shape index (κ3) is 6.93. The summed E-state index contributed by atoms with van der Waals surface area (Å²) in [7, 11) is -3.78. The van der Waals surface area contributed by atoms with Crippen LogP contribution in [0.25, 0.3) is 0 Å². The summed E-state index contributed by atoms with van der Waals surface area (Å²) in [5, 5.41) is 15.2. The van der Waals surface area contributed by atoms with Crippen molar-refractivity contribution in [3.05, 3.63) is 54.1 Å². The molecule has 2 aromatic carbocycles. The highest BCUT2D eigenvalue weighted by molar-refractivity contribution is 7.89. The van der Waals surface area contributed by atoms with Crippen LogP contribution in [0.3, 0.4) is 0 Å². The van der Waals surface area contributed by atoms with Crippen molar-refractivity contribution >= 4 is 27.7 Å². The number of carbonyl (C=O) groups excluding carboxylic acids is 2. The average Bonchev–Trinajstić information content (AvgIpc) is 2.78. The molecular formula is C23H31N3O6S. The first-order valence-corrected chi connectivity index (χ1v) is 12.1. The number of ether oxygens (including phenoxy) is 1. The van der Waals surface area contributed by atoms with Crippen LogP contribution < -0.4 is 10.6 Å². The van der Waals surface area contributed by atoms with Gasteiger partial charge in [0.05, 0.1) is 10.6 Å². The van der Waals surface area contributed by atoms with Gasteiger partial charge in [0.25, 0.3) is 0 Å². The molecule has 0 aliphatic rings. The summed E-state index contributed by atoms with van der Waals surface area (Å²) < 4.78 is 32.0. The Bertz CT molecular complexity index is 1050. The van der Waals surface area contributed by atoms with Crippen LogP contribution in [-0.2, 0) is 26.2 Å². The summed E-state index contributed by atoms with van der Waals surface area (Å²) in [6, 6.07) is 11.8. The standard InChI is InChI=1S/C23H31N3O6S/c1-5-26(6-2)33(30,31)18-12-13-20(27)19(14-18)24-22(28)21(16(3)4)25-23(29)32-15-17-10-8-7-9-11-17/h7-14,16,21,27H,5-6,15H2,1-4H3,(H,24,28)(H,25,29)/t21-/m0/s1. The predicted molar refractivity (Wildman–Crippen MR) is 125 cm³/mol. The molecule has 2 rings (SSSR count). The molecule has 0 saturated carbocycles. The lowest BCUT2D eigenvalue weighted by atomic mass is 10.0. The zero-order chi connectivity index (χ0) is 24.6. The van der Waals surface area contributed by atoms with E-state index in [0.717, 1.165) is 5.56 Å². The number of nitrogens with one attached hydrogen (secondary N) is 2. The van der Waals surface area contributed by atoms with Crippen LogP contribution in [0.5, 0.6) is 5.75 Å². The number of phenolic OH excluding ortho intramolecular Hbond substituents is 1. The van der Waals surface area contributed by atoms with E-state index >= 15 is 0 Å². The third-order valence-corrected chi connectivity index (χ3v) is 7.05. The molecule has 2 amide bonds. The molecule has 0 fully saturated rings. The lowest BCUT2D eigenvalue weighted by molar-refractivity contribution is -0.119. The number of aromatic hydroxyl groups is 1. The van der Waals surface area contributed by atoms with Crippen LogP contribution in [-0.4, -0.2) is 49.0 Å². The minimum atomic E-state index is -3.78. The van der Waals surface area contributed by atoms with Crippen LogP contribution in [0.15, 0.2) is 53.4 Å². The molecule has 3 N–H and O–H groups in total. The number of hydrogen-bond acceptors (Lipinski definition) is 6. The largest absolute Gasteiger partial charge is 0.506 e. The molecule has 0 spiro atoms. The summed E-state index contributed by atoms with van der Waals surface area (Å²) in [5.74, 6) is -1.22. The van der Waals surface area contributed by atoms with E-state index in [2.05, 4.69) is 10.6 Å². The van der Waals surface area contributed by atoms with Gasteiger partial charge < -0.3 is 20.5 Å². The fourth-order valence-electron chi connectivity index (χ4n) is 3.13. The van der Waals surface area contributed by atoms with E-state index in [-0.39, 0.29) is 41.9 Å². The lowest BCUT2D eigenvalue weighted by Crippen LogP contribution is -2.47. The Hall–Kier alpha value is -3.11.